The molecular formula is C13H16Br2OS. The summed E-state index contributed by atoms with van der Waals surface area (Å²) in [6.45, 7) is 0.944. The highest BCUT2D eigenvalue weighted by atomic mass is 79.9. The lowest BCUT2D eigenvalue weighted by molar-refractivity contribution is 0.0416. The van der Waals surface area contributed by atoms with Crippen molar-refractivity contribution in [1.29, 1.82) is 0 Å². The summed E-state index contributed by atoms with van der Waals surface area (Å²) in [5.74, 6) is 0.832. The first kappa shape index (κ1) is 12.6. The molecule has 1 saturated heterocycles. The fourth-order valence-electron chi connectivity index (χ4n) is 2.92. The van der Waals surface area contributed by atoms with Gasteiger partial charge in [0.25, 0.3) is 0 Å². The van der Waals surface area contributed by atoms with Gasteiger partial charge in [0.15, 0.2) is 0 Å². The maximum absolute atomic E-state index is 6.03. The van der Waals surface area contributed by atoms with Gasteiger partial charge in [-0.05, 0) is 59.7 Å². The zero-order chi connectivity index (χ0) is 11.9. The minimum atomic E-state index is 0.339. The molecule has 1 aliphatic carbocycles. The van der Waals surface area contributed by atoms with Gasteiger partial charge in [0, 0.05) is 22.2 Å². The predicted octanol–water partition coefficient (Wildman–Crippen LogP) is 4.63. The highest BCUT2D eigenvalue weighted by Crippen LogP contribution is 2.50. The number of halogens is 2. The Hall–Kier alpha value is 0.620. The van der Waals surface area contributed by atoms with Crippen LogP contribution in [-0.4, -0.2) is 18.0 Å². The van der Waals surface area contributed by atoms with Crippen molar-refractivity contribution in [2.24, 2.45) is 11.3 Å². The van der Waals surface area contributed by atoms with E-state index in [9.17, 15) is 0 Å². The molecule has 2 fully saturated rings. The van der Waals surface area contributed by atoms with Gasteiger partial charge in [-0.3, -0.25) is 0 Å². The van der Waals surface area contributed by atoms with Crippen LogP contribution in [0.5, 0.6) is 0 Å². The van der Waals surface area contributed by atoms with Crippen LogP contribution >= 0.6 is 43.2 Å². The quantitative estimate of drug-likeness (QED) is 0.692. The van der Waals surface area contributed by atoms with Gasteiger partial charge in [0.05, 0.1) is 9.89 Å². The molecule has 0 N–H and O–H groups in total. The first-order valence-electron chi connectivity index (χ1n) is 6.15. The van der Waals surface area contributed by atoms with Crippen LogP contribution in [0, 0.1) is 11.3 Å². The molecule has 1 aliphatic heterocycles. The zero-order valence-corrected chi connectivity index (χ0v) is 13.6. The van der Waals surface area contributed by atoms with E-state index in [1.165, 1.54) is 27.9 Å². The Kier molecular flexibility index (Phi) is 3.68. The molecule has 1 aromatic heterocycles. The third kappa shape index (κ3) is 2.51. The van der Waals surface area contributed by atoms with Crippen LogP contribution in [-0.2, 0) is 11.2 Å². The standard InChI is InChI=1S/C13H16Br2OS/c14-8-13(7-10-3-4-11(15)17-10)5-6-16-12(13)9-1-2-9/h3-4,9,12H,1-2,5-8H2. The van der Waals surface area contributed by atoms with Gasteiger partial charge in [-0.2, -0.15) is 0 Å². The molecule has 3 rings (SSSR count). The van der Waals surface area contributed by atoms with Crippen molar-refractivity contribution in [1.82, 2.24) is 0 Å². The Labute approximate surface area is 123 Å². The number of hydrogen-bond donors (Lipinski definition) is 0. The molecule has 1 aromatic rings. The van der Waals surface area contributed by atoms with Gasteiger partial charge in [-0.15, -0.1) is 11.3 Å². The SMILES string of the molecule is BrCC1(Cc2ccc(Br)s2)CCOC1C1CC1. The minimum absolute atomic E-state index is 0.339. The summed E-state index contributed by atoms with van der Waals surface area (Å²) in [5, 5.41) is 1.07. The van der Waals surface area contributed by atoms with Crippen molar-refractivity contribution in [3.05, 3.63) is 20.8 Å². The molecule has 0 spiro atoms. The smallest absolute Gasteiger partial charge is 0.0701 e. The second-order valence-electron chi connectivity index (χ2n) is 5.26. The zero-order valence-electron chi connectivity index (χ0n) is 9.62. The molecular weight excluding hydrogens is 364 g/mol. The molecule has 0 bridgehead atoms. The molecule has 0 amide bonds. The molecule has 2 aliphatic rings. The van der Waals surface area contributed by atoms with E-state index in [0.29, 0.717) is 11.5 Å². The number of thiophene rings is 1. The Morgan fingerprint density at radius 3 is 2.82 bits per heavy atom. The number of hydrogen-bond acceptors (Lipinski definition) is 2. The molecule has 2 unspecified atom stereocenters. The second kappa shape index (κ2) is 4.95. The summed E-state index contributed by atoms with van der Waals surface area (Å²) in [7, 11) is 0. The Morgan fingerprint density at radius 1 is 1.41 bits per heavy atom. The third-order valence-corrected chi connectivity index (χ3v) is 6.71. The van der Waals surface area contributed by atoms with Gasteiger partial charge < -0.3 is 4.74 Å². The fraction of sp³-hybridized carbons (Fsp3) is 0.692. The van der Waals surface area contributed by atoms with Crippen LogP contribution in [0.2, 0.25) is 0 Å². The maximum Gasteiger partial charge on any atom is 0.0701 e. The lowest BCUT2D eigenvalue weighted by atomic mass is 9.77. The van der Waals surface area contributed by atoms with Gasteiger partial charge in [-0.1, -0.05) is 15.9 Å². The molecule has 94 valence electrons. The van der Waals surface area contributed by atoms with Crippen LogP contribution in [0.3, 0.4) is 0 Å². The molecule has 17 heavy (non-hydrogen) atoms. The van der Waals surface area contributed by atoms with E-state index in [2.05, 4.69) is 44.0 Å². The number of ether oxygens (including phenoxy) is 1. The van der Waals surface area contributed by atoms with Gasteiger partial charge in [-0.25, -0.2) is 0 Å². The van der Waals surface area contributed by atoms with Crippen molar-refractivity contribution >= 4 is 43.2 Å². The number of rotatable bonds is 4. The molecule has 0 radical (unpaired) electrons. The minimum Gasteiger partial charge on any atom is -0.377 e. The fourth-order valence-corrected chi connectivity index (χ4v) is 5.35. The maximum atomic E-state index is 6.03. The summed E-state index contributed by atoms with van der Waals surface area (Å²) < 4.78 is 7.26. The van der Waals surface area contributed by atoms with Crippen LogP contribution in [0.15, 0.2) is 15.9 Å². The van der Waals surface area contributed by atoms with Crippen LogP contribution in [0.1, 0.15) is 24.1 Å². The molecule has 2 atom stereocenters. The highest BCUT2D eigenvalue weighted by Gasteiger charge is 2.50. The molecule has 2 heterocycles. The molecule has 1 nitrogen and oxygen atoms in total. The topological polar surface area (TPSA) is 9.23 Å². The summed E-state index contributed by atoms with van der Waals surface area (Å²) in [6.07, 6.45) is 5.59. The van der Waals surface area contributed by atoms with E-state index in [1.807, 2.05) is 11.3 Å². The van der Waals surface area contributed by atoms with Crippen molar-refractivity contribution < 1.29 is 4.74 Å². The lowest BCUT2D eigenvalue weighted by Gasteiger charge is -2.32. The van der Waals surface area contributed by atoms with E-state index in [-0.39, 0.29) is 0 Å². The van der Waals surface area contributed by atoms with Crippen LogP contribution in [0.4, 0.5) is 0 Å². The number of alkyl halides is 1. The van der Waals surface area contributed by atoms with Crippen molar-refractivity contribution in [3.8, 4) is 0 Å². The lowest BCUT2D eigenvalue weighted by Crippen LogP contribution is -2.36. The van der Waals surface area contributed by atoms with Crippen molar-refractivity contribution in [2.45, 2.75) is 31.8 Å². The van der Waals surface area contributed by atoms with Gasteiger partial charge in [0.2, 0.25) is 0 Å². The average Bonchev–Trinajstić information content (AvgIpc) is 2.96. The van der Waals surface area contributed by atoms with E-state index >= 15 is 0 Å². The summed E-state index contributed by atoms with van der Waals surface area (Å²) in [6, 6.07) is 4.41. The first-order chi connectivity index (χ1) is 8.23. The van der Waals surface area contributed by atoms with Crippen LogP contribution in [0.25, 0.3) is 0 Å². The highest BCUT2D eigenvalue weighted by molar-refractivity contribution is 9.11. The van der Waals surface area contributed by atoms with E-state index in [0.717, 1.165) is 24.3 Å². The monoisotopic (exact) mass is 378 g/mol. The van der Waals surface area contributed by atoms with E-state index in [1.54, 1.807) is 0 Å². The second-order valence-corrected chi connectivity index (χ2v) is 8.37. The van der Waals surface area contributed by atoms with Gasteiger partial charge >= 0.3 is 0 Å². The van der Waals surface area contributed by atoms with Crippen molar-refractivity contribution in [2.75, 3.05) is 11.9 Å². The molecule has 1 saturated carbocycles. The van der Waals surface area contributed by atoms with Crippen molar-refractivity contribution in [3.63, 3.8) is 0 Å². The Balaban J connectivity index is 1.80. The first-order valence-corrected chi connectivity index (χ1v) is 8.88. The van der Waals surface area contributed by atoms with Crippen LogP contribution < -0.4 is 0 Å². The Bertz CT molecular complexity index is 402. The summed E-state index contributed by atoms with van der Waals surface area (Å²) in [5.41, 5.74) is 0.339. The predicted molar refractivity (Wildman–Crippen MR) is 79.0 cm³/mol. The van der Waals surface area contributed by atoms with Gasteiger partial charge in [0.1, 0.15) is 0 Å². The van der Waals surface area contributed by atoms with E-state index in [4.69, 9.17) is 4.74 Å². The largest absolute Gasteiger partial charge is 0.377 e. The molecule has 4 heteroatoms. The third-order valence-electron chi connectivity index (χ3n) is 3.97. The average molecular weight is 380 g/mol. The Morgan fingerprint density at radius 2 is 2.24 bits per heavy atom. The van der Waals surface area contributed by atoms with E-state index < -0.39 is 0 Å². The molecule has 0 aromatic carbocycles. The summed E-state index contributed by atoms with van der Waals surface area (Å²) >= 11 is 9.16. The normalized spacial score (nSPS) is 33.2. The summed E-state index contributed by atoms with van der Waals surface area (Å²) in [4.78, 5) is 1.48.